The lowest BCUT2D eigenvalue weighted by atomic mass is 9.85. The van der Waals surface area contributed by atoms with Crippen molar-refractivity contribution in [2.75, 3.05) is 0 Å². The second kappa shape index (κ2) is 3.73. The molecule has 0 amide bonds. The lowest BCUT2D eigenvalue weighted by molar-refractivity contribution is -0.0147. The molecular formula is C11H18N2O. The molecule has 0 unspecified atom stereocenters. The van der Waals surface area contributed by atoms with E-state index in [4.69, 9.17) is 0 Å². The van der Waals surface area contributed by atoms with E-state index in [1.807, 2.05) is 17.7 Å². The SMILES string of the molecule is Cc1ccnn1CC1(O)CCCCC1. The van der Waals surface area contributed by atoms with Gasteiger partial charge in [-0.05, 0) is 25.8 Å². The average molecular weight is 194 g/mol. The molecule has 1 aliphatic carbocycles. The molecule has 3 heteroatoms. The molecule has 1 aromatic rings. The Morgan fingerprint density at radius 2 is 2.14 bits per heavy atom. The Kier molecular flexibility index (Phi) is 2.59. The minimum atomic E-state index is -0.505. The molecule has 14 heavy (non-hydrogen) atoms. The van der Waals surface area contributed by atoms with Crippen molar-refractivity contribution in [1.29, 1.82) is 0 Å². The van der Waals surface area contributed by atoms with E-state index in [0.29, 0.717) is 6.54 Å². The number of aliphatic hydroxyl groups is 1. The Balaban J connectivity index is 2.05. The molecule has 2 rings (SSSR count). The Bertz CT molecular complexity index is 300. The van der Waals surface area contributed by atoms with Crippen LogP contribution in [0.25, 0.3) is 0 Å². The van der Waals surface area contributed by atoms with E-state index < -0.39 is 5.60 Å². The summed E-state index contributed by atoms with van der Waals surface area (Å²) in [5.74, 6) is 0. The highest BCUT2D eigenvalue weighted by Crippen LogP contribution is 2.29. The lowest BCUT2D eigenvalue weighted by Gasteiger charge is -2.32. The fourth-order valence-corrected chi connectivity index (χ4v) is 2.21. The first-order chi connectivity index (χ1) is 6.70. The van der Waals surface area contributed by atoms with Crippen molar-refractivity contribution in [2.24, 2.45) is 0 Å². The molecule has 78 valence electrons. The highest BCUT2D eigenvalue weighted by molar-refractivity contribution is 4.98. The van der Waals surface area contributed by atoms with Crippen LogP contribution in [-0.4, -0.2) is 20.5 Å². The fourth-order valence-electron chi connectivity index (χ4n) is 2.21. The molecule has 0 atom stereocenters. The third-order valence-electron chi connectivity index (χ3n) is 3.16. The number of rotatable bonds is 2. The van der Waals surface area contributed by atoms with Crippen LogP contribution in [0.15, 0.2) is 12.3 Å². The molecule has 1 heterocycles. The van der Waals surface area contributed by atoms with Gasteiger partial charge in [0.25, 0.3) is 0 Å². The molecule has 1 aromatic heterocycles. The van der Waals surface area contributed by atoms with E-state index in [9.17, 15) is 5.11 Å². The van der Waals surface area contributed by atoms with Crippen LogP contribution in [0.2, 0.25) is 0 Å². The van der Waals surface area contributed by atoms with Crippen LogP contribution < -0.4 is 0 Å². The van der Waals surface area contributed by atoms with Gasteiger partial charge in [0.15, 0.2) is 0 Å². The zero-order valence-electron chi connectivity index (χ0n) is 8.74. The van der Waals surface area contributed by atoms with Crippen molar-refractivity contribution >= 4 is 0 Å². The molecule has 0 saturated heterocycles. The first kappa shape index (κ1) is 9.71. The summed E-state index contributed by atoms with van der Waals surface area (Å²) in [6.45, 7) is 2.69. The molecule has 1 fully saturated rings. The molecule has 1 N–H and O–H groups in total. The first-order valence-corrected chi connectivity index (χ1v) is 5.40. The van der Waals surface area contributed by atoms with Gasteiger partial charge in [-0.15, -0.1) is 0 Å². The standard InChI is InChI=1S/C11H18N2O/c1-10-5-8-12-13(10)9-11(14)6-3-2-4-7-11/h5,8,14H,2-4,6-7,9H2,1H3. The third-order valence-corrected chi connectivity index (χ3v) is 3.16. The summed E-state index contributed by atoms with van der Waals surface area (Å²) < 4.78 is 1.91. The Morgan fingerprint density at radius 3 is 2.71 bits per heavy atom. The summed E-state index contributed by atoms with van der Waals surface area (Å²) in [4.78, 5) is 0. The molecule has 0 bridgehead atoms. The van der Waals surface area contributed by atoms with Crippen LogP contribution in [0.3, 0.4) is 0 Å². The number of hydrogen-bond donors (Lipinski definition) is 1. The Labute approximate surface area is 84.7 Å². The summed E-state index contributed by atoms with van der Waals surface area (Å²) in [5.41, 5.74) is 0.624. The summed E-state index contributed by atoms with van der Waals surface area (Å²) in [6.07, 6.45) is 7.20. The van der Waals surface area contributed by atoms with Crippen molar-refractivity contribution in [3.8, 4) is 0 Å². The molecular weight excluding hydrogens is 176 g/mol. The second-order valence-electron chi connectivity index (χ2n) is 4.42. The van der Waals surface area contributed by atoms with Crippen LogP contribution in [0.4, 0.5) is 0 Å². The van der Waals surface area contributed by atoms with Crippen molar-refractivity contribution < 1.29 is 5.11 Å². The number of hydrogen-bond acceptors (Lipinski definition) is 2. The van der Waals surface area contributed by atoms with Crippen LogP contribution in [0.5, 0.6) is 0 Å². The largest absolute Gasteiger partial charge is 0.388 e. The van der Waals surface area contributed by atoms with E-state index in [1.54, 1.807) is 6.20 Å². The Hall–Kier alpha value is -0.830. The van der Waals surface area contributed by atoms with Gasteiger partial charge in [-0.25, -0.2) is 0 Å². The lowest BCUT2D eigenvalue weighted by Crippen LogP contribution is -2.36. The summed E-state index contributed by atoms with van der Waals surface area (Å²) >= 11 is 0. The van der Waals surface area contributed by atoms with Gasteiger partial charge in [0.2, 0.25) is 0 Å². The average Bonchev–Trinajstić information content (AvgIpc) is 2.52. The van der Waals surface area contributed by atoms with Gasteiger partial charge in [-0.2, -0.15) is 5.10 Å². The topological polar surface area (TPSA) is 38.0 Å². The number of aromatic nitrogens is 2. The van der Waals surface area contributed by atoms with Gasteiger partial charge in [-0.3, -0.25) is 4.68 Å². The molecule has 1 saturated carbocycles. The van der Waals surface area contributed by atoms with Crippen molar-refractivity contribution in [3.63, 3.8) is 0 Å². The van der Waals surface area contributed by atoms with Crippen molar-refractivity contribution in [3.05, 3.63) is 18.0 Å². The smallest absolute Gasteiger partial charge is 0.0842 e. The van der Waals surface area contributed by atoms with Crippen LogP contribution in [0.1, 0.15) is 37.8 Å². The highest BCUT2D eigenvalue weighted by Gasteiger charge is 2.29. The van der Waals surface area contributed by atoms with Crippen LogP contribution >= 0.6 is 0 Å². The van der Waals surface area contributed by atoms with E-state index in [0.717, 1.165) is 31.4 Å². The molecule has 1 aliphatic rings. The highest BCUT2D eigenvalue weighted by atomic mass is 16.3. The predicted molar refractivity (Wildman–Crippen MR) is 55.0 cm³/mol. The minimum absolute atomic E-state index is 0.505. The minimum Gasteiger partial charge on any atom is -0.388 e. The number of nitrogens with zero attached hydrogens (tertiary/aromatic N) is 2. The first-order valence-electron chi connectivity index (χ1n) is 5.40. The molecule has 0 aliphatic heterocycles. The molecule has 0 aromatic carbocycles. The zero-order chi connectivity index (χ0) is 10.0. The van der Waals surface area contributed by atoms with Gasteiger partial charge >= 0.3 is 0 Å². The van der Waals surface area contributed by atoms with Crippen LogP contribution in [-0.2, 0) is 6.54 Å². The maximum atomic E-state index is 10.3. The monoisotopic (exact) mass is 194 g/mol. The maximum Gasteiger partial charge on any atom is 0.0842 e. The van der Waals surface area contributed by atoms with E-state index in [-0.39, 0.29) is 0 Å². The van der Waals surface area contributed by atoms with Gasteiger partial charge in [-0.1, -0.05) is 19.3 Å². The van der Waals surface area contributed by atoms with Crippen LogP contribution in [0, 0.1) is 6.92 Å². The Morgan fingerprint density at radius 1 is 1.43 bits per heavy atom. The quantitative estimate of drug-likeness (QED) is 0.780. The summed E-state index contributed by atoms with van der Waals surface area (Å²) in [6, 6.07) is 1.98. The predicted octanol–water partition coefficient (Wildman–Crippen LogP) is 1.89. The fraction of sp³-hybridized carbons (Fsp3) is 0.727. The summed E-state index contributed by atoms with van der Waals surface area (Å²) in [5, 5.41) is 14.5. The van der Waals surface area contributed by atoms with E-state index >= 15 is 0 Å². The maximum absolute atomic E-state index is 10.3. The van der Waals surface area contributed by atoms with Crippen molar-refractivity contribution in [1.82, 2.24) is 9.78 Å². The molecule has 0 spiro atoms. The van der Waals surface area contributed by atoms with Gasteiger partial charge in [0, 0.05) is 11.9 Å². The second-order valence-corrected chi connectivity index (χ2v) is 4.42. The van der Waals surface area contributed by atoms with Gasteiger partial charge in [0.1, 0.15) is 0 Å². The zero-order valence-corrected chi connectivity index (χ0v) is 8.74. The normalized spacial score (nSPS) is 21.0. The van der Waals surface area contributed by atoms with Gasteiger partial charge in [0.05, 0.1) is 12.1 Å². The molecule has 0 radical (unpaired) electrons. The molecule has 3 nitrogen and oxygen atoms in total. The van der Waals surface area contributed by atoms with Crippen molar-refractivity contribution in [2.45, 2.75) is 51.2 Å². The summed E-state index contributed by atoms with van der Waals surface area (Å²) in [7, 11) is 0. The van der Waals surface area contributed by atoms with E-state index in [1.165, 1.54) is 6.42 Å². The third kappa shape index (κ3) is 1.98. The van der Waals surface area contributed by atoms with Gasteiger partial charge < -0.3 is 5.11 Å². The van der Waals surface area contributed by atoms with E-state index in [2.05, 4.69) is 5.10 Å². The number of aryl methyl sites for hydroxylation is 1.